The molecule has 0 aliphatic carbocycles. The van der Waals surface area contributed by atoms with Crippen molar-refractivity contribution in [1.29, 1.82) is 0 Å². The first-order valence-corrected chi connectivity index (χ1v) is 8.59. The van der Waals surface area contributed by atoms with Gasteiger partial charge >= 0.3 is 0 Å². The number of thiazole rings is 1. The van der Waals surface area contributed by atoms with E-state index in [0.717, 1.165) is 32.8 Å². The number of imidazole rings is 1. The van der Waals surface area contributed by atoms with Crippen molar-refractivity contribution in [2.45, 2.75) is 0 Å². The van der Waals surface area contributed by atoms with Gasteiger partial charge < -0.3 is 0 Å². The third kappa shape index (κ3) is 2.04. The fraction of sp³-hybridized carbons (Fsp3) is 0. The summed E-state index contributed by atoms with van der Waals surface area (Å²) in [4.78, 5) is 9.46. The van der Waals surface area contributed by atoms with Crippen molar-refractivity contribution in [2.75, 3.05) is 0 Å². The first-order chi connectivity index (χ1) is 11.9. The van der Waals surface area contributed by atoms with Crippen LogP contribution >= 0.6 is 11.3 Å². The highest BCUT2D eigenvalue weighted by Gasteiger charge is 2.13. The molecule has 2 heterocycles. The average Bonchev–Trinajstić information content (AvgIpc) is 3.26. The van der Waals surface area contributed by atoms with Gasteiger partial charge in [0.2, 0.25) is 0 Å². The fourth-order valence-electron chi connectivity index (χ4n) is 2.99. The van der Waals surface area contributed by atoms with Gasteiger partial charge in [0.1, 0.15) is 11.3 Å². The summed E-state index contributed by atoms with van der Waals surface area (Å²) < 4.78 is 3.32. The van der Waals surface area contributed by atoms with Gasteiger partial charge in [0.25, 0.3) is 0 Å². The first kappa shape index (κ1) is 13.5. The molecule has 114 valence electrons. The van der Waals surface area contributed by atoms with E-state index in [1.165, 1.54) is 4.70 Å². The SMILES string of the molecule is c1ccc(-n2cnc3c(-c4nc5ccccc5s4)cccc32)cc1. The van der Waals surface area contributed by atoms with Crippen LogP contribution in [-0.2, 0) is 0 Å². The number of hydrogen-bond acceptors (Lipinski definition) is 3. The number of aromatic nitrogens is 3. The summed E-state index contributed by atoms with van der Waals surface area (Å²) in [5.41, 5.74) is 5.32. The van der Waals surface area contributed by atoms with E-state index in [2.05, 4.69) is 58.1 Å². The van der Waals surface area contributed by atoms with Crippen LogP contribution in [0.4, 0.5) is 0 Å². The van der Waals surface area contributed by atoms with Gasteiger partial charge in [-0.1, -0.05) is 36.4 Å². The molecule has 3 nitrogen and oxygen atoms in total. The molecule has 0 saturated heterocycles. The van der Waals surface area contributed by atoms with Crippen molar-refractivity contribution in [1.82, 2.24) is 14.5 Å². The standard InChI is InChI=1S/C20H13N3S/c1-2-7-14(8-3-1)23-13-21-19-15(9-6-11-17(19)23)20-22-16-10-4-5-12-18(16)24-20/h1-13H. The van der Waals surface area contributed by atoms with Crippen molar-refractivity contribution in [3.05, 3.63) is 79.1 Å². The van der Waals surface area contributed by atoms with E-state index in [-0.39, 0.29) is 0 Å². The highest BCUT2D eigenvalue weighted by molar-refractivity contribution is 7.21. The maximum atomic E-state index is 4.78. The number of benzene rings is 3. The maximum absolute atomic E-state index is 4.78. The van der Waals surface area contributed by atoms with Crippen LogP contribution in [0.25, 0.3) is 37.5 Å². The Morgan fingerprint density at radius 1 is 0.792 bits per heavy atom. The lowest BCUT2D eigenvalue weighted by atomic mass is 10.2. The molecule has 3 aromatic carbocycles. The van der Waals surface area contributed by atoms with Crippen LogP contribution in [0.15, 0.2) is 79.1 Å². The minimum Gasteiger partial charge on any atom is -0.299 e. The summed E-state index contributed by atoms with van der Waals surface area (Å²) in [5.74, 6) is 0. The van der Waals surface area contributed by atoms with Gasteiger partial charge in [0.15, 0.2) is 0 Å². The lowest BCUT2D eigenvalue weighted by Gasteiger charge is -2.04. The Labute approximate surface area is 142 Å². The minimum absolute atomic E-state index is 0.986. The molecule has 4 heteroatoms. The molecule has 24 heavy (non-hydrogen) atoms. The fourth-order valence-corrected chi connectivity index (χ4v) is 3.99. The molecule has 0 saturated carbocycles. The molecule has 0 aliphatic heterocycles. The predicted octanol–water partition coefficient (Wildman–Crippen LogP) is 5.30. The molecule has 0 atom stereocenters. The van der Waals surface area contributed by atoms with Crippen molar-refractivity contribution in [3.63, 3.8) is 0 Å². The molecule has 5 rings (SSSR count). The van der Waals surface area contributed by atoms with Crippen molar-refractivity contribution in [2.24, 2.45) is 0 Å². The minimum atomic E-state index is 0.986. The predicted molar refractivity (Wildman–Crippen MR) is 99.7 cm³/mol. The Hall–Kier alpha value is -2.98. The number of fused-ring (bicyclic) bond motifs is 2. The third-order valence-electron chi connectivity index (χ3n) is 4.14. The second-order valence-electron chi connectivity index (χ2n) is 5.61. The number of rotatable bonds is 2. The number of hydrogen-bond donors (Lipinski definition) is 0. The molecule has 0 spiro atoms. The number of nitrogens with zero attached hydrogens (tertiary/aromatic N) is 3. The molecular weight excluding hydrogens is 314 g/mol. The zero-order valence-corrected chi connectivity index (χ0v) is 13.6. The van der Waals surface area contributed by atoms with Crippen molar-refractivity contribution < 1.29 is 0 Å². The summed E-state index contributed by atoms with van der Waals surface area (Å²) in [6.45, 7) is 0. The van der Waals surface area contributed by atoms with Crippen LogP contribution in [0.5, 0.6) is 0 Å². The molecule has 2 aromatic heterocycles. The quantitative estimate of drug-likeness (QED) is 0.440. The highest BCUT2D eigenvalue weighted by Crippen LogP contribution is 2.34. The molecule has 0 radical (unpaired) electrons. The van der Waals surface area contributed by atoms with E-state index in [0.29, 0.717) is 0 Å². The largest absolute Gasteiger partial charge is 0.299 e. The topological polar surface area (TPSA) is 30.7 Å². The lowest BCUT2D eigenvalue weighted by molar-refractivity contribution is 1.09. The molecule has 0 unspecified atom stereocenters. The molecule has 0 aliphatic rings. The molecule has 0 bridgehead atoms. The smallest absolute Gasteiger partial charge is 0.126 e. The Morgan fingerprint density at radius 3 is 2.50 bits per heavy atom. The summed E-state index contributed by atoms with van der Waals surface area (Å²) in [6, 6.07) is 24.8. The Balaban J connectivity index is 1.74. The van der Waals surface area contributed by atoms with Gasteiger partial charge in [-0.2, -0.15) is 0 Å². The molecule has 0 fully saturated rings. The summed E-state index contributed by atoms with van der Waals surface area (Å²) in [5, 5.41) is 1.01. The van der Waals surface area contributed by atoms with Crippen LogP contribution in [0.2, 0.25) is 0 Å². The lowest BCUT2D eigenvalue weighted by Crippen LogP contribution is -1.90. The van der Waals surface area contributed by atoms with E-state index in [4.69, 9.17) is 4.98 Å². The summed E-state index contributed by atoms with van der Waals surface area (Å²) in [7, 11) is 0. The van der Waals surface area contributed by atoms with Crippen LogP contribution < -0.4 is 0 Å². The maximum Gasteiger partial charge on any atom is 0.126 e. The van der Waals surface area contributed by atoms with Gasteiger partial charge in [0.05, 0.1) is 21.3 Å². The van der Waals surface area contributed by atoms with Crippen LogP contribution in [0, 0.1) is 0 Å². The van der Waals surface area contributed by atoms with Gasteiger partial charge in [0, 0.05) is 11.3 Å². The summed E-state index contributed by atoms with van der Waals surface area (Å²) in [6.07, 6.45) is 1.89. The normalized spacial score (nSPS) is 11.3. The van der Waals surface area contributed by atoms with Gasteiger partial charge in [-0.3, -0.25) is 4.57 Å². The van der Waals surface area contributed by atoms with E-state index < -0.39 is 0 Å². The zero-order chi connectivity index (χ0) is 15.9. The van der Waals surface area contributed by atoms with Crippen molar-refractivity contribution in [3.8, 4) is 16.3 Å². The third-order valence-corrected chi connectivity index (χ3v) is 5.20. The monoisotopic (exact) mass is 327 g/mol. The highest BCUT2D eigenvalue weighted by atomic mass is 32.1. The molecule has 5 aromatic rings. The van der Waals surface area contributed by atoms with Gasteiger partial charge in [-0.15, -0.1) is 11.3 Å². The molecular formula is C20H13N3S. The Kier molecular flexibility index (Phi) is 2.96. The van der Waals surface area contributed by atoms with Crippen LogP contribution in [0.1, 0.15) is 0 Å². The molecule has 0 amide bonds. The van der Waals surface area contributed by atoms with E-state index in [9.17, 15) is 0 Å². The van der Waals surface area contributed by atoms with E-state index in [1.807, 2.05) is 30.6 Å². The van der Waals surface area contributed by atoms with E-state index in [1.54, 1.807) is 11.3 Å². The summed E-state index contributed by atoms with van der Waals surface area (Å²) >= 11 is 1.71. The zero-order valence-electron chi connectivity index (χ0n) is 12.8. The van der Waals surface area contributed by atoms with Gasteiger partial charge in [-0.25, -0.2) is 9.97 Å². The first-order valence-electron chi connectivity index (χ1n) is 7.77. The Morgan fingerprint density at radius 2 is 1.62 bits per heavy atom. The van der Waals surface area contributed by atoms with Crippen LogP contribution in [-0.4, -0.2) is 14.5 Å². The average molecular weight is 327 g/mol. The second-order valence-corrected chi connectivity index (χ2v) is 6.64. The number of para-hydroxylation sites is 3. The van der Waals surface area contributed by atoms with E-state index >= 15 is 0 Å². The van der Waals surface area contributed by atoms with Gasteiger partial charge in [-0.05, 0) is 36.4 Å². The van der Waals surface area contributed by atoms with Crippen molar-refractivity contribution >= 4 is 32.6 Å². The van der Waals surface area contributed by atoms with Crippen LogP contribution in [0.3, 0.4) is 0 Å². The second kappa shape index (κ2) is 5.28. The Bertz CT molecular complexity index is 1120. The molecule has 0 N–H and O–H groups in total.